The maximum Gasteiger partial charge on any atom is 0.426 e. The Labute approximate surface area is 138 Å². The summed E-state index contributed by atoms with van der Waals surface area (Å²) in [4.78, 5) is 11.8. The molecule has 1 rings (SSSR count). The van der Waals surface area contributed by atoms with Gasteiger partial charge in [-0.3, -0.25) is 9.35 Å². The number of alkyl halides is 4. The minimum absolute atomic E-state index is 0.420. The Morgan fingerprint density at radius 2 is 1.82 bits per heavy atom. The van der Waals surface area contributed by atoms with Crippen LogP contribution in [0.3, 0.4) is 0 Å². The zero-order valence-corrected chi connectivity index (χ0v) is 14.1. The van der Waals surface area contributed by atoms with Crippen LogP contribution in [0, 0.1) is 6.92 Å². The van der Waals surface area contributed by atoms with Crippen LogP contribution in [0.15, 0.2) is 24.3 Å². The number of aryl methyl sites for hydroxylation is 1. The minimum atomic E-state index is -5.10. The van der Waals surface area contributed by atoms with Crippen LogP contribution in [0.1, 0.15) is 15.1 Å². The van der Waals surface area contributed by atoms with Crippen LogP contribution in [0.4, 0.5) is 13.2 Å². The minimum Gasteiger partial charge on any atom is -0.450 e. The number of hydrogen-bond donors (Lipinski definition) is 1. The molecule has 0 fully saturated rings. The standard InChI is InChI=1S/C12H12F3IO5S/c1-7-2-4-8(5-3-7)10(16)11(17)21-9(12(13,14)15)6-22(18,19)20/h2-5,9-10H,6H2,1H3,(H,18,19,20). The van der Waals surface area contributed by atoms with Gasteiger partial charge in [-0.2, -0.15) is 21.6 Å². The van der Waals surface area contributed by atoms with E-state index in [1.54, 1.807) is 53.8 Å². The van der Waals surface area contributed by atoms with Gasteiger partial charge in [-0.25, -0.2) is 0 Å². The van der Waals surface area contributed by atoms with Crippen LogP contribution >= 0.6 is 22.6 Å². The van der Waals surface area contributed by atoms with Gasteiger partial charge in [0, 0.05) is 0 Å². The second-order valence-corrected chi connectivity index (χ2v) is 7.23. The Bertz CT molecular complexity index is 627. The van der Waals surface area contributed by atoms with Gasteiger partial charge in [0.15, 0.2) is 0 Å². The predicted octanol–water partition coefficient (Wildman–Crippen LogP) is 2.83. The van der Waals surface area contributed by atoms with Crippen molar-refractivity contribution in [1.82, 2.24) is 0 Å². The van der Waals surface area contributed by atoms with Gasteiger partial charge in [0.1, 0.15) is 9.68 Å². The van der Waals surface area contributed by atoms with Gasteiger partial charge in [0.2, 0.25) is 6.10 Å². The van der Waals surface area contributed by atoms with Crippen LogP contribution in [0.2, 0.25) is 0 Å². The summed E-state index contributed by atoms with van der Waals surface area (Å²) in [6.45, 7) is 1.80. The van der Waals surface area contributed by atoms with Crippen LogP contribution in [0.5, 0.6) is 0 Å². The lowest BCUT2D eigenvalue weighted by Gasteiger charge is -2.21. The summed E-state index contributed by atoms with van der Waals surface area (Å²) in [5, 5.41) is 0. The molecule has 0 saturated carbocycles. The van der Waals surface area contributed by atoms with Gasteiger partial charge >= 0.3 is 12.1 Å². The first kappa shape index (κ1) is 19.2. The highest BCUT2D eigenvalue weighted by molar-refractivity contribution is 14.1. The summed E-state index contributed by atoms with van der Waals surface area (Å²) in [5.74, 6) is -2.98. The molecular weight excluding hydrogens is 440 g/mol. The first-order valence-electron chi connectivity index (χ1n) is 5.83. The third kappa shape index (κ3) is 6.08. The molecule has 0 aliphatic rings. The molecule has 0 amide bonds. The van der Waals surface area contributed by atoms with Gasteiger partial charge in [-0.05, 0) is 12.5 Å². The Kier molecular flexibility index (Phi) is 6.21. The molecule has 0 heterocycles. The van der Waals surface area contributed by atoms with Gasteiger partial charge in [0.25, 0.3) is 10.1 Å². The summed E-state index contributed by atoms with van der Waals surface area (Å²) >= 11 is 1.59. The summed E-state index contributed by atoms with van der Waals surface area (Å²) in [6, 6.07) is 6.46. The lowest BCUT2D eigenvalue weighted by molar-refractivity contribution is -0.214. The maximum atomic E-state index is 12.7. The van der Waals surface area contributed by atoms with Gasteiger partial charge in [-0.1, -0.05) is 52.4 Å². The topological polar surface area (TPSA) is 80.7 Å². The number of carbonyl (C=O) groups is 1. The van der Waals surface area contributed by atoms with Crippen molar-refractivity contribution in [3.8, 4) is 0 Å². The van der Waals surface area contributed by atoms with E-state index in [-0.39, 0.29) is 0 Å². The fraction of sp³-hybridized carbons (Fsp3) is 0.417. The average Bonchev–Trinajstić information content (AvgIpc) is 2.35. The van der Waals surface area contributed by atoms with Crippen molar-refractivity contribution in [1.29, 1.82) is 0 Å². The van der Waals surface area contributed by atoms with Crippen molar-refractivity contribution in [2.24, 2.45) is 0 Å². The van der Waals surface area contributed by atoms with Gasteiger partial charge in [-0.15, -0.1) is 0 Å². The van der Waals surface area contributed by atoms with Crippen molar-refractivity contribution in [3.63, 3.8) is 0 Å². The highest BCUT2D eigenvalue weighted by Crippen LogP contribution is 2.29. The van der Waals surface area contributed by atoms with E-state index >= 15 is 0 Å². The lowest BCUT2D eigenvalue weighted by Crippen LogP contribution is -2.40. The van der Waals surface area contributed by atoms with Crippen molar-refractivity contribution >= 4 is 38.7 Å². The molecule has 0 radical (unpaired) electrons. The van der Waals surface area contributed by atoms with Crippen LogP contribution < -0.4 is 0 Å². The summed E-state index contributed by atoms with van der Waals surface area (Å²) < 4.78 is 71.0. The smallest absolute Gasteiger partial charge is 0.426 e. The first-order valence-corrected chi connectivity index (χ1v) is 8.68. The Balaban J connectivity index is 2.88. The Hall–Kier alpha value is -0.880. The van der Waals surface area contributed by atoms with Crippen molar-refractivity contribution in [3.05, 3.63) is 35.4 Å². The first-order chi connectivity index (χ1) is 9.90. The SMILES string of the molecule is Cc1ccc(C(I)C(=O)OC(CS(=O)(=O)O)C(F)(F)F)cc1. The molecule has 5 nitrogen and oxygen atoms in total. The molecular formula is C12H12F3IO5S. The van der Waals surface area contributed by atoms with Crippen LogP contribution in [-0.2, 0) is 19.6 Å². The monoisotopic (exact) mass is 452 g/mol. The number of benzene rings is 1. The second kappa shape index (κ2) is 7.13. The van der Waals surface area contributed by atoms with E-state index in [2.05, 4.69) is 4.74 Å². The van der Waals surface area contributed by atoms with E-state index in [0.717, 1.165) is 5.56 Å². The van der Waals surface area contributed by atoms with E-state index < -0.39 is 38.0 Å². The molecule has 1 aromatic rings. The van der Waals surface area contributed by atoms with Gasteiger partial charge < -0.3 is 4.74 Å². The molecule has 0 spiro atoms. The van der Waals surface area contributed by atoms with E-state index in [4.69, 9.17) is 4.55 Å². The molecule has 0 aromatic heterocycles. The summed E-state index contributed by atoms with van der Waals surface area (Å²) in [7, 11) is -4.95. The van der Waals surface area contributed by atoms with E-state index in [1.165, 1.54) is 0 Å². The molecule has 0 aliphatic carbocycles. The largest absolute Gasteiger partial charge is 0.450 e. The van der Waals surface area contributed by atoms with E-state index in [9.17, 15) is 26.4 Å². The fourth-order valence-corrected chi connectivity index (χ4v) is 2.66. The second-order valence-electron chi connectivity index (χ2n) is 4.49. The number of hydrogen-bond acceptors (Lipinski definition) is 4. The van der Waals surface area contributed by atoms with Gasteiger partial charge in [0.05, 0.1) is 0 Å². The van der Waals surface area contributed by atoms with Crippen LogP contribution in [0.25, 0.3) is 0 Å². The van der Waals surface area contributed by atoms with E-state index in [1.807, 2.05) is 0 Å². The Morgan fingerprint density at radius 1 is 1.32 bits per heavy atom. The Morgan fingerprint density at radius 3 is 2.23 bits per heavy atom. The third-order valence-corrected chi connectivity index (χ3v) is 4.51. The van der Waals surface area contributed by atoms with E-state index in [0.29, 0.717) is 5.56 Å². The van der Waals surface area contributed by atoms with Crippen LogP contribution in [-0.4, -0.2) is 37.0 Å². The molecule has 22 heavy (non-hydrogen) atoms. The van der Waals surface area contributed by atoms with Crippen molar-refractivity contribution < 1.29 is 35.7 Å². The molecule has 1 aromatic carbocycles. The molecule has 0 saturated heterocycles. The molecule has 0 bridgehead atoms. The molecule has 0 aliphatic heterocycles. The number of ether oxygens (including phenoxy) is 1. The zero-order valence-electron chi connectivity index (χ0n) is 11.2. The van der Waals surface area contributed by atoms with Crippen molar-refractivity contribution in [2.45, 2.75) is 23.1 Å². The zero-order chi connectivity index (χ0) is 17.1. The quantitative estimate of drug-likeness (QED) is 0.322. The molecule has 2 unspecified atom stereocenters. The third-order valence-electron chi connectivity index (χ3n) is 2.56. The molecule has 1 N–H and O–H groups in total. The molecule has 124 valence electrons. The number of rotatable bonds is 5. The molecule has 10 heteroatoms. The number of esters is 1. The average molecular weight is 452 g/mol. The predicted molar refractivity (Wildman–Crippen MR) is 80.3 cm³/mol. The normalized spacial score (nSPS) is 15.2. The summed E-state index contributed by atoms with van der Waals surface area (Å²) in [6.07, 6.45) is -8.02. The number of carbonyl (C=O) groups excluding carboxylic acids is 1. The highest BCUT2D eigenvalue weighted by atomic mass is 127. The summed E-state index contributed by atoms with van der Waals surface area (Å²) in [5.41, 5.74) is 1.32. The molecule has 2 atom stereocenters. The highest BCUT2D eigenvalue weighted by Gasteiger charge is 2.46. The fourth-order valence-electron chi connectivity index (χ4n) is 1.46. The van der Waals surface area contributed by atoms with Crippen molar-refractivity contribution in [2.75, 3.05) is 5.75 Å². The number of halogens is 4. The maximum absolute atomic E-state index is 12.7. The lowest BCUT2D eigenvalue weighted by atomic mass is 10.1.